The molecule has 1 atom stereocenters. The Balaban J connectivity index is 1.70. The Bertz CT molecular complexity index is 1220. The molecule has 0 aliphatic carbocycles. The van der Waals surface area contributed by atoms with E-state index in [9.17, 15) is 19.5 Å². The van der Waals surface area contributed by atoms with Crippen LogP contribution in [0.4, 0.5) is 5.69 Å². The smallest absolute Gasteiger partial charge is 0.335 e. The number of rotatable bonds is 9. The molecule has 0 spiro atoms. The maximum atomic E-state index is 13.5. The van der Waals surface area contributed by atoms with Crippen LogP contribution in [0, 0.1) is 0 Å². The third-order valence-corrected chi connectivity index (χ3v) is 6.15. The van der Waals surface area contributed by atoms with Crippen molar-refractivity contribution in [1.82, 2.24) is 15.0 Å². The summed E-state index contributed by atoms with van der Waals surface area (Å²) < 4.78 is 5.44. The maximum Gasteiger partial charge on any atom is 0.335 e. The fourth-order valence-corrected chi connectivity index (χ4v) is 4.58. The molecule has 0 fully saturated rings. The molecule has 1 aromatic carbocycles. The average molecular weight is 493 g/mol. The minimum absolute atomic E-state index is 0.0718. The van der Waals surface area contributed by atoms with Crippen molar-refractivity contribution in [3.63, 3.8) is 0 Å². The van der Waals surface area contributed by atoms with E-state index in [4.69, 9.17) is 4.74 Å². The van der Waals surface area contributed by atoms with Gasteiger partial charge >= 0.3 is 11.9 Å². The van der Waals surface area contributed by atoms with Gasteiger partial charge in [0, 0.05) is 12.7 Å². The minimum atomic E-state index is -1.26. The molecular weight excluding hydrogens is 468 g/mol. The summed E-state index contributed by atoms with van der Waals surface area (Å²) >= 11 is 1.40. The predicted octanol–water partition coefficient (Wildman–Crippen LogP) is 3.46. The number of likely N-dealkylation sites (N-methyl/N-ethyl adjacent to an activating group) is 1. The number of carboxylic acid groups (broad SMARTS) is 1. The number of hydrogen-bond donors (Lipinski definition) is 2. The van der Waals surface area contributed by atoms with Crippen LogP contribution in [0.1, 0.15) is 24.1 Å². The predicted molar refractivity (Wildman–Crippen MR) is 130 cm³/mol. The minimum Gasteiger partial charge on any atom is -0.478 e. The zero-order valence-electron chi connectivity index (χ0n) is 19.0. The molecule has 0 saturated heterocycles. The molecule has 1 unspecified atom stereocenters. The second-order valence-electron chi connectivity index (χ2n) is 7.68. The Kier molecular flexibility index (Phi) is 7.54. The van der Waals surface area contributed by atoms with E-state index < -0.39 is 23.9 Å². The summed E-state index contributed by atoms with van der Waals surface area (Å²) in [6.07, 6.45) is 3.08. The van der Waals surface area contributed by atoms with Crippen LogP contribution in [0.2, 0.25) is 0 Å². The van der Waals surface area contributed by atoms with Gasteiger partial charge in [0.2, 0.25) is 0 Å². The van der Waals surface area contributed by atoms with Gasteiger partial charge in [-0.25, -0.2) is 4.79 Å². The summed E-state index contributed by atoms with van der Waals surface area (Å²) in [5.74, 6) is -2.40. The van der Waals surface area contributed by atoms with Crippen LogP contribution in [0.25, 0.3) is 0 Å². The lowest BCUT2D eigenvalue weighted by atomic mass is 9.95. The zero-order valence-corrected chi connectivity index (χ0v) is 19.8. The number of ether oxygens (including phenoxy) is 1. The van der Waals surface area contributed by atoms with Crippen LogP contribution in [0.5, 0.6) is 0 Å². The molecule has 0 radical (unpaired) electrons. The molecule has 10 heteroatoms. The molecule has 1 amide bonds. The third-order valence-electron chi connectivity index (χ3n) is 5.45. The second-order valence-corrected chi connectivity index (χ2v) is 8.46. The number of esters is 1. The number of amides is 1. The fourth-order valence-electron chi connectivity index (χ4n) is 3.90. The van der Waals surface area contributed by atoms with Gasteiger partial charge in [0.05, 0.1) is 23.5 Å². The molecule has 3 heterocycles. The molecule has 2 N–H and O–H groups in total. The SMILES string of the molecule is CCN1C(=O)C(Nc2cccnc2)=C(C(=O)O)C(c2ccsc2)N1CC(=O)OCc1ccccc1. The first-order valence-corrected chi connectivity index (χ1v) is 11.9. The number of carbonyl (C=O) groups is 3. The highest BCUT2D eigenvalue weighted by atomic mass is 32.1. The van der Waals surface area contributed by atoms with E-state index in [1.165, 1.54) is 27.6 Å². The van der Waals surface area contributed by atoms with Gasteiger partial charge < -0.3 is 15.2 Å². The average Bonchev–Trinajstić information content (AvgIpc) is 3.40. The van der Waals surface area contributed by atoms with Crippen LogP contribution < -0.4 is 5.32 Å². The van der Waals surface area contributed by atoms with E-state index in [1.807, 2.05) is 35.7 Å². The molecule has 3 aromatic rings. The number of hydrazine groups is 1. The molecule has 4 rings (SSSR count). The number of carbonyl (C=O) groups excluding carboxylic acids is 2. The van der Waals surface area contributed by atoms with Crippen molar-refractivity contribution in [2.75, 3.05) is 18.4 Å². The Labute approximate surface area is 206 Å². The summed E-state index contributed by atoms with van der Waals surface area (Å²) in [6, 6.07) is 13.5. The molecule has 180 valence electrons. The highest BCUT2D eigenvalue weighted by Gasteiger charge is 2.44. The van der Waals surface area contributed by atoms with Crippen molar-refractivity contribution in [2.24, 2.45) is 0 Å². The van der Waals surface area contributed by atoms with Crippen LogP contribution >= 0.6 is 11.3 Å². The number of thiophene rings is 1. The molecular formula is C25H24N4O5S. The van der Waals surface area contributed by atoms with Crippen molar-refractivity contribution < 1.29 is 24.2 Å². The number of benzene rings is 1. The van der Waals surface area contributed by atoms with E-state index in [2.05, 4.69) is 10.3 Å². The van der Waals surface area contributed by atoms with Gasteiger partial charge in [0.25, 0.3) is 5.91 Å². The summed E-state index contributed by atoms with van der Waals surface area (Å²) in [5, 5.41) is 19.6. The van der Waals surface area contributed by atoms with Crippen LogP contribution in [-0.4, -0.2) is 51.0 Å². The first-order valence-electron chi connectivity index (χ1n) is 10.9. The van der Waals surface area contributed by atoms with E-state index in [0.717, 1.165) is 5.56 Å². The Hall–Kier alpha value is -4.02. The van der Waals surface area contributed by atoms with Crippen molar-refractivity contribution in [3.8, 4) is 0 Å². The Morgan fingerprint density at radius 2 is 1.97 bits per heavy atom. The van der Waals surface area contributed by atoms with Gasteiger partial charge in [-0.05, 0) is 47.0 Å². The van der Waals surface area contributed by atoms with Gasteiger partial charge in [0.1, 0.15) is 18.8 Å². The van der Waals surface area contributed by atoms with Gasteiger partial charge in [0.15, 0.2) is 0 Å². The largest absolute Gasteiger partial charge is 0.478 e. The molecule has 0 saturated carbocycles. The summed E-state index contributed by atoms with van der Waals surface area (Å²) in [6.45, 7) is 1.75. The van der Waals surface area contributed by atoms with Gasteiger partial charge in [-0.15, -0.1) is 0 Å². The summed E-state index contributed by atoms with van der Waals surface area (Å²) in [7, 11) is 0. The van der Waals surface area contributed by atoms with Crippen molar-refractivity contribution in [2.45, 2.75) is 19.6 Å². The molecule has 0 bridgehead atoms. The van der Waals surface area contributed by atoms with Crippen LogP contribution in [-0.2, 0) is 25.7 Å². The number of carboxylic acids is 1. The van der Waals surface area contributed by atoms with Crippen molar-refractivity contribution in [3.05, 3.63) is 94.1 Å². The summed E-state index contributed by atoms with van der Waals surface area (Å²) in [4.78, 5) is 42.9. The number of aromatic nitrogens is 1. The lowest BCUT2D eigenvalue weighted by molar-refractivity contribution is -0.165. The molecule has 35 heavy (non-hydrogen) atoms. The van der Waals surface area contributed by atoms with E-state index in [0.29, 0.717) is 11.3 Å². The molecule has 9 nitrogen and oxygen atoms in total. The second kappa shape index (κ2) is 10.9. The van der Waals surface area contributed by atoms with Crippen molar-refractivity contribution >= 4 is 34.9 Å². The monoisotopic (exact) mass is 492 g/mol. The number of anilines is 1. The Morgan fingerprint density at radius 3 is 2.60 bits per heavy atom. The first kappa shape index (κ1) is 24.1. The molecule has 2 aromatic heterocycles. The van der Waals surface area contributed by atoms with Gasteiger partial charge in [-0.2, -0.15) is 16.3 Å². The normalized spacial score (nSPS) is 16.3. The number of nitrogens with zero attached hydrogens (tertiary/aromatic N) is 3. The van der Waals surface area contributed by atoms with Gasteiger partial charge in [-0.1, -0.05) is 30.3 Å². The topological polar surface area (TPSA) is 112 Å². The van der Waals surface area contributed by atoms with Crippen LogP contribution in [0.3, 0.4) is 0 Å². The van der Waals surface area contributed by atoms with E-state index in [1.54, 1.807) is 36.7 Å². The quantitative estimate of drug-likeness (QED) is 0.437. The van der Waals surface area contributed by atoms with Crippen molar-refractivity contribution in [1.29, 1.82) is 0 Å². The van der Waals surface area contributed by atoms with E-state index in [-0.39, 0.29) is 31.0 Å². The number of hydrogen-bond acceptors (Lipinski definition) is 8. The lowest BCUT2D eigenvalue weighted by Crippen LogP contribution is -2.56. The number of aliphatic carboxylic acids is 1. The highest BCUT2D eigenvalue weighted by Crippen LogP contribution is 2.38. The fraction of sp³-hybridized carbons (Fsp3) is 0.200. The highest BCUT2D eigenvalue weighted by molar-refractivity contribution is 7.08. The molecule has 1 aliphatic rings. The standard InChI is InChI=1S/C25H24N4O5S/c1-2-28-24(31)22(27-19-9-6-11-26-13-19)21(25(32)33)23(18-10-12-35-16-18)29(28)14-20(30)34-15-17-7-4-3-5-8-17/h3-13,16,23,27H,2,14-15H2,1H3,(H,32,33). The zero-order chi connectivity index (χ0) is 24.8. The third kappa shape index (κ3) is 5.39. The number of pyridine rings is 1. The maximum absolute atomic E-state index is 13.5. The summed E-state index contributed by atoms with van der Waals surface area (Å²) in [5.41, 5.74) is 1.73. The lowest BCUT2D eigenvalue weighted by Gasteiger charge is -2.43. The van der Waals surface area contributed by atoms with Gasteiger partial charge in [-0.3, -0.25) is 19.6 Å². The van der Waals surface area contributed by atoms with Crippen LogP contribution in [0.15, 0.2) is 83.0 Å². The Morgan fingerprint density at radius 1 is 1.17 bits per heavy atom. The number of nitrogens with one attached hydrogen (secondary N) is 1. The first-order chi connectivity index (χ1) is 17.0. The molecule has 1 aliphatic heterocycles. The van der Waals surface area contributed by atoms with E-state index >= 15 is 0 Å².